The van der Waals surface area contributed by atoms with Crippen LogP contribution in [0.15, 0.2) is 188 Å². The monoisotopic (exact) mass is 1940 g/mol. The fourth-order valence-corrected chi connectivity index (χ4v) is 19.7. The van der Waals surface area contributed by atoms with E-state index in [9.17, 15) is 33.6 Å². The van der Waals surface area contributed by atoms with E-state index < -0.39 is 35.8 Å². The lowest BCUT2D eigenvalue weighted by Crippen LogP contribution is -2.58. The van der Waals surface area contributed by atoms with Gasteiger partial charge in [0.1, 0.15) is 69.0 Å². The van der Waals surface area contributed by atoms with E-state index in [-0.39, 0.29) is 66.5 Å². The Balaban J connectivity index is 0.000000141. The zero-order chi connectivity index (χ0) is 94.1. The number of fused-ring (bicyclic) bond motifs is 9. The Morgan fingerprint density at radius 2 is 0.874 bits per heavy atom. The number of piperazine rings is 1. The lowest BCUT2D eigenvalue weighted by atomic mass is 9.83. The Kier molecular flexibility index (Phi) is 29.2. The van der Waals surface area contributed by atoms with Crippen LogP contribution in [0.2, 0.25) is 30.5 Å². The number of aromatic amines is 3. The van der Waals surface area contributed by atoms with Crippen molar-refractivity contribution in [2.75, 3.05) is 58.9 Å². The van der Waals surface area contributed by atoms with Crippen molar-refractivity contribution in [3.8, 4) is 50.8 Å². The van der Waals surface area contributed by atoms with Crippen LogP contribution >= 0.6 is 69.6 Å². The predicted molar refractivity (Wildman–Crippen MR) is 512 cm³/mol. The van der Waals surface area contributed by atoms with Crippen molar-refractivity contribution in [1.29, 1.82) is 0 Å². The molecule has 7 aliphatic rings. The minimum Gasteiger partial charge on any atom is -0.342 e. The summed E-state index contributed by atoms with van der Waals surface area (Å²) >= 11 is 38.6. The summed E-state index contributed by atoms with van der Waals surface area (Å²) in [5.74, 6) is -0.0793. The maximum absolute atomic E-state index is 13.9. The normalized spacial score (nSPS) is 18.6. The Morgan fingerprint density at radius 3 is 1.30 bits per heavy atom. The quantitative estimate of drug-likeness (QED) is 0.0306. The Hall–Kier alpha value is -13.2. The maximum atomic E-state index is 13.9. The number of imidazole rings is 3. The third kappa shape index (κ3) is 22.4. The number of rotatable bonds is 24. The molecule has 6 fully saturated rings. The molecule has 0 saturated carbocycles. The van der Waals surface area contributed by atoms with Gasteiger partial charge in [0.15, 0.2) is 0 Å². The van der Waals surface area contributed by atoms with Crippen LogP contribution < -0.4 is 21.5 Å². The molecule has 40 heteroatoms. The highest BCUT2D eigenvalue weighted by Gasteiger charge is 2.42. The van der Waals surface area contributed by atoms with E-state index in [0.717, 1.165) is 104 Å². The molecule has 7 aliphatic heterocycles. The van der Waals surface area contributed by atoms with Gasteiger partial charge >= 0.3 is 0 Å². The van der Waals surface area contributed by atoms with E-state index in [2.05, 4.69) is 94.2 Å². The van der Waals surface area contributed by atoms with Gasteiger partial charge in [0, 0.05) is 161 Å². The molecule has 6 saturated heterocycles. The first-order chi connectivity index (χ1) is 65.3. The highest BCUT2D eigenvalue weighted by atomic mass is 35.5. The zero-order valence-corrected chi connectivity index (χ0v) is 78.5. The van der Waals surface area contributed by atoms with Gasteiger partial charge in [-0.2, -0.15) is 14.0 Å². The molecule has 13 aromatic rings. The van der Waals surface area contributed by atoms with Gasteiger partial charge < -0.3 is 55.1 Å². The molecule has 0 spiro atoms. The van der Waals surface area contributed by atoms with Crippen molar-refractivity contribution in [2.24, 2.45) is 5.92 Å². The number of aryl methyl sites for hydroxylation is 3. The standard InChI is InChI=1S/C34H31Cl2N9O3.C31H33Cl2N9O2.C30H31Cl2N9O2/c1-20-5-7-22(8-6-20)32-33(36)40-34(39-32)26(38-29(46)12-9-23-14-25(35)10-11-28(23)45-19-37-41-42-45)15-31(48)43-16-21-13-24(18-43)27-3-2-4-30(47)44(27)17-21;1-19-5-7-21(8-6-19)29-30(33)37-31(36-29)24(17-28(44)41-15-14-40-13-3-4-25(40)20(41)2)35-27(43)12-9-22-16-23(32)10-11-26(22)42-18-34-38-39-42;1-19-2-4-20(5-3-19)28-29(32)36-30(35-28)24(17-27(43)40-15-14-39-12-10-23(40)11-13-39)34-26(42)9-6-21-16-22(31)7-8-25(21)41-18-33-37-38-41/h2-12,14,19,21,24,26H,13,15-18H2,1H3,(H,38,46)(H,39,40);5-12,16,18,20,24-25H,3-4,13-15,17H2,1-2H3,(H,35,43)(H,36,37);2-9,16,18,23-24H,10-15,17H2,1H3,(H,34,42)(H,35,36)/b2*12-9+;9-6+/t21-,24+,26-;20?,24-,25?;24-/m000/s1. The third-order valence-corrected chi connectivity index (χ3v) is 26.8. The molecule has 34 nitrogen and oxygen atoms in total. The lowest BCUT2D eigenvalue weighted by Gasteiger charge is -2.43. The third-order valence-electron chi connectivity index (χ3n) is 25.3. The summed E-state index contributed by atoms with van der Waals surface area (Å²) in [6.07, 6.45) is 18.5. The van der Waals surface area contributed by atoms with Gasteiger partial charge in [0.2, 0.25) is 35.4 Å². The number of hydrogen-bond donors (Lipinski definition) is 6. The number of tetrazole rings is 3. The molecule has 0 aliphatic carbocycles. The second-order valence-electron chi connectivity index (χ2n) is 34.4. The van der Waals surface area contributed by atoms with Crippen LogP contribution in [-0.4, -0.2) is 232 Å². The molecular formula is C95H95Cl6N27O7. The lowest BCUT2D eigenvalue weighted by molar-refractivity contribution is -0.138. The summed E-state index contributed by atoms with van der Waals surface area (Å²) in [5, 5.41) is 45.3. The Labute approximate surface area is 805 Å². The highest BCUT2D eigenvalue weighted by Crippen LogP contribution is 2.39. The van der Waals surface area contributed by atoms with Gasteiger partial charge in [0.05, 0.1) is 54.5 Å². The van der Waals surface area contributed by atoms with E-state index in [1.54, 1.807) is 85.0 Å². The first kappa shape index (κ1) is 93.6. The summed E-state index contributed by atoms with van der Waals surface area (Å²) in [5.41, 5.74) is 12.2. The van der Waals surface area contributed by atoms with Crippen LogP contribution in [-0.2, 0) is 35.3 Å². The van der Waals surface area contributed by atoms with E-state index in [1.165, 1.54) is 51.3 Å². The van der Waals surface area contributed by atoms with Crippen LogP contribution in [0, 0.1) is 26.7 Å². The first-order valence-electron chi connectivity index (χ1n) is 44.4. The van der Waals surface area contributed by atoms with Gasteiger partial charge in [0.25, 0.3) is 5.56 Å². The minimum absolute atomic E-state index is 0.0141. The number of likely N-dealkylation sites (tertiary alicyclic amines) is 1. The number of H-pyrrole nitrogens is 3. The summed E-state index contributed by atoms with van der Waals surface area (Å²) in [6.45, 7) is 15.8. The van der Waals surface area contributed by atoms with E-state index in [0.29, 0.717) is 138 Å². The zero-order valence-electron chi connectivity index (χ0n) is 73.9. The second-order valence-corrected chi connectivity index (χ2v) is 36.8. The smallest absolute Gasteiger partial charge is 0.250 e. The van der Waals surface area contributed by atoms with Crippen molar-refractivity contribution in [2.45, 2.75) is 128 Å². The molecule has 135 heavy (non-hydrogen) atoms. The number of halogens is 6. The molecule has 20 rings (SSSR count). The van der Waals surface area contributed by atoms with Crippen molar-refractivity contribution in [3.63, 3.8) is 0 Å². The SMILES string of the molecule is Cc1ccc(-c2nc([C@H](CC(=O)N3CCN4CCC3CC4)NC(=O)/C=C/c3cc(Cl)ccc3-n3cnnn3)[nH]c2Cl)cc1.Cc1ccc(-c2nc([C@H](CC(=O)N3CCN4CCCC4C3C)NC(=O)/C=C/c3cc(Cl)ccc3-n3cnnn3)[nH]c2Cl)cc1.Cc1ccc(-c2nc([C@H](CC(=O)N3C[C@@H]4C[C@H](C3)c3cccc(=O)n3C4)NC(=O)/C=C/c3cc(Cl)ccc3-n3cnnn3)[nH]c2Cl)cc1. The van der Waals surface area contributed by atoms with Crippen molar-refractivity contribution in [1.82, 2.24) is 136 Å². The van der Waals surface area contributed by atoms with Gasteiger partial charge in [-0.3, -0.25) is 38.5 Å². The van der Waals surface area contributed by atoms with Gasteiger partial charge in [-0.1, -0.05) is 165 Å². The number of amides is 6. The molecule has 694 valence electrons. The molecule has 6 aromatic carbocycles. The number of nitrogens with one attached hydrogen (secondary N) is 6. The van der Waals surface area contributed by atoms with E-state index in [4.69, 9.17) is 84.6 Å². The van der Waals surface area contributed by atoms with Gasteiger partial charge in [-0.15, -0.1) is 15.3 Å². The first-order valence-corrected chi connectivity index (χ1v) is 46.6. The molecular weight excluding hydrogens is 1840 g/mol. The number of nitrogens with zero attached hydrogens (tertiary/aromatic N) is 21. The van der Waals surface area contributed by atoms with E-state index >= 15 is 0 Å². The number of hydrogen-bond acceptors (Lipinski definition) is 21. The Morgan fingerprint density at radius 1 is 0.459 bits per heavy atom. The number of aromatic nitrogens is 19. The molecule has 7 atom stereocenters. The fraction of sp³-hybridized carbons (Fsp3) is 0.316. The van der Waals surface area contributed by atoms with Crippen LogP contribution in [0.4, 0.5) is 0 Å². The average molecular weight is 1940 g/mol. The average Bonchev–Trinajstić information content (AvgIpc) is 1.57. The fourth-order valence-electron chi connectivity index (χ4n) is 18.4. The summed E-state index contributed by atoms with van der Waals surface area (Å²) in [6, 6.07) is 42.7. The number of benzene rings is 6. The summed E-state index contributed by atoms with van der Waals surface area (Å²) in [7, 11) is 0. The number of carbonyl (C=O) groups excluding carboxylic acids is 6. The molecule has 7 aromatic heterocycles. The molecule has 2 unspecified atom stereocenters. The van der Waals surface area contributed by atoms with E-state index in [1.807, 2.05) is 119 Å². The number of carbonyl (C=O) groups is 6. The maximum Gasteiger partial charge on any atom is 0.250 e. The van der Waals surface area contributed by atoms with Crippen LogP contribution in [0.1, 0.15) is 139 Å². The summed E-state index contributed by atoms with van der Waals surface area (Å²) < 4.78 is 6.27. The predicted octanol–water partition coefficient (Wildman–Crippen LogP) is 13.6. The molecule has 14 heterocycles. The largest absolute Gasteiger partial charge is 0.342 e. The number of pyridine rings is 1. The number of piperidine rings is 2. The summed E-state index contributed by atoms with van der Waals surface area (Å²) in [4.78, 5) is 128. The minimum atomic E-state index is -0.818. The highest BCUT2D eigenvalue weighted by molar-refractivity contribution is 6.33. The molecule has 6 N–H and O–H groups in total. The molecule has 4 bridgehead atoms. The Bertz CT molecular complexity index is 6610. The van der Waals surface area contributed by atoms with Crippen molar-refractivity contribution in [3.05, 3.63) is 280 Å². The van der Waals surface area contributed by atoms with Gasteiger partial charge in [-0.25, -0.2) is 15.0 Å². The van der Waals surface area contributed by atoms with Crippen LogP contribution in [0.3, 0.4) is 0 Å². The molecule has 6 amide bonds. The van der Waals surface area contributed by atoms with Crippen LogP contribution in [0.5, 0.6) is 0 Å². The second kappa shape index (κ2) is 42.2. The topological polar surface area (TPSA) is 394 Å². The van der Waals surface area contributed by atoms with Crippen molar-refractivity contribution < 1.29 is 28.8 Å². The van der Waals surface area contributed by atoms with Crippen LogP contribution in [0.25, 0.3) is 69.1 Å². The molecule has 0 radical (unpaired) electrons. The van der Waals surface area contributed by atoms with Gasteiger partial charge in [-0.05, 0) is 182 Å². The van der Waals surface area contributed by atoms with Crippen molar-refractivity contribution >= 4 is 123 Å².